The lowest BCUT2D eigenvalue weighted by Gasteiger charge is -2.41. The van der Waals surface area contributed by atoms with Crippen LogP contribution in [0.2, 0.25) is 0 Å². The first-order chi connectivity index (χ1) is 9.13. The summed E-state index contributed by atoms with van der Waals surface area (Å²) in [6, 6.07) is 0. The molecular formula is C14H23N3O2. The van der Waals surface area contributed by atoms with E-state index in [1.807, 2.05) is 0 Å². The normalized spacial score (nSPS) is 21.1. The van der Waals surface area contributed by atoms with Crippen molar-refractivity contribution in [3.05, 3.63) is 18.1 Å². The van der Waals surface area contributed by atoms with Crippen LogP contribution in [0.15, 0.2) is 12.4 Å². The third-order valence-electron chi connectivity index (χ3n) is 4.28. The summed E-state index contributed by atoms with van der Waals surface area (Å²) in [5.74, 6) is 0.411. The van der Waals surface area contributed by atoms with Gasteiger partial charge in [-0.2, -0.15) is 0 Å². The number of methoxy groups -OCH3 is 1. The van der Waals surface area contributed by atoms with E-state index in [0.29, 0.717) is 11.6 Å². The summed E-state index contributed by atoms with van der Waals surface area (Å²) in [4.78, 5) is 10.8. The van der Waals surface area contributed by atoms with Gasteiger partial charge >= 0.3 is 0 Å². The number of ether oxygens (including phenoxy) is 1. The molecule has 1 N–H and O–H groups in total. The Morgan fingerprint density at radius 1 is 1.37 bits per heavy atom. The van der Waals surface area contributed by atoms with Crippen LogP contribution < -0.4 is 4.74 Å². The van der Waals surface area contributed by atoms with Crippen LogP contribution in [0, 0.1) is 0 Å². The number of nitrogens with zero attached hydrogens (tertiary/aromatic N) is 3. The van der Waals surface area contributed by atoms with Crippen molar-refractivity contribution < 1.29 is 9.84 Å². The minimum atomic E-state index is -0.695. The maximum atomic E-state index is 10.8. The summed E-state index contributed by atoms with van der Waals surface area (Å²) >= 11 is 0. The molecule has 0 saturated carbocycles. The van der Waals surface area contributed by atoms with Crippen molar-refractivity contribution in [2.75, 3.05) is 20.2 Å². The maximum absolute atomic E-state index is 10.8. The van der Waals surface area contributed by atoms with Crippen molar-refractivity contribution in [2.24, 2.45) is 0 Å². The molecule has 2 unspecified atom stereocenters. The van der Waals surface area contributed by atoms with Crippen LogP contribution >= 0.6 is 0 Å². The van der Waals surface area contributed by atoms with Crippen molar-refractivity contribution >= 4 is 0 Å². The van der Waals surface area contributed by atoms with Gasteiger partial charge in [0.2, 0.25) is 5.88 Å². The molecule has 5 heteroatoms. The first-order valence-electron chi connectivity index (χ1n) is 6.91. The fraction of sp³-hybridized carbons (Fsp3) is 0.714. The van der Waals surface area contributed by atoms with Crippen LogP contribution in [0.3, 0.4) is 0 Å². The molecule has 0 radical (unpaired) electrons. The highest BCUT2D eigenvalue weighted by Gasteiger charge is 2.41. The van der Waals surface area contributed by atoms with Gasteiger partial charge in [-0.3, -0.25) is 9.88 Å². The number of rotatable bonds is 5. The molecule has 2 heterocycles. The van der Waals surface area contributed by atoms with Gasteiger partial charge in [-0.1, -0.05) is 6.92 Å². The molecule has 0 aromatic carbocycles. The van der Waals surface area contributed by atoms with E-state index in [4.69, 9.17) is 4.74 Å². The van der Waals surface area contributed by atoms with E-state index in [0.717, 1.165) is 19.5 Å². The summed E-state index contributed by atoms with van der Waals surface area (Å²) in [6.45, 7) is 6.26. The Morgan fingerprint density at radius 2 is 2.00 bits per heavy atom. The van der Waals surface area contributed by atoms with Gasteiger partial charge in [0.1, 0.15) is 11.8 Å². The molecule has 1 fully saturated rings. The summed E-state index contributed by atoms with van der Waals surface area (Å²) in [7, 11) is 1.55. The Balaban J connectivity index is 2.31. The summed E-state index contributed by atoms with van der Waals surface area (Å²) in [5.41, 5.74) is 0.209. The predicted molar refractivity (Wildman–Crippen MR) is 73.0 cm³/mol. The number of aliphatic hydroxyl groups excluding tert-OH is 1. The van der Waals surface area contributed by atoms with Crippen molar-refractivity contribution in [3.63, 3.8) is 0 Å². The Bertz CT molecular complexity index is 421. The zero-order valence-electron chi connectivity index (χ0n) is 12.0. The number of aromatic nitrogens is 2. The van der Waals surface area contributed by atoms with Crippen LogP contribution in [0.1, 0.15) is 44.9 Å². The fourth-order valence-corrected chi connectivity index (χ4v) is 2.79. The molecule has 0 aliphatic carbocycles. The maximum Gasteiger partial charge on any atom is 0.238 e. The summed E-state index contributed by atoms with van der Waals surface area (Å²) in [6.07, 6.45) is 5.72. The van der Waals surface area contributed by atoms with Gasteiger partial charge in [0.15, 0.2) is 0 Å². The van der Waals surface area contributed by atoms with Crippen LogP contribution in [0.25, 0.3) is 0 Å². The van der Waals surface area contributed by atoms with Gasteiger partial charge in [0.25, 0.3) is 0 Å². The zero-order valence-corrected chi connectivity index (χ0v) is 12.0. The number of hydrogen-bond donors (Lipinski definition) is 1. The third kappa shape index (κ3) is 2.58. The molecule has 1 saturated heterocycles. The molecule has 2 rings (SSSR count). The van der Waals surface area contributed by atoms with Gasteiger partial charge < -0.3 is 9.84 Å². The highest BCUT2D eigenvalue weighted by molar-refractivity contribution is 5.23. The highest BCUT2D eigenvalue weighted by Crippen LogP contribution is 2.37. The number of aliphatic hydroxyl groups is 1. The monoisotopic (exact) mass is 265 g/mol. The lowest BCUT2D eigenvalue weighted by Crippen LogP contribution is -2.49. The smallest absolute Gasteiger partial charge is 0.238 e. The van der Waals surface area contributed by atoms with E-state index in [2.05, 4.69) is 28.7 Å². The topological polar surface area (TPSA) is 58.5 Å². The SMILES string of the molecule is CCC(C)(C(O)c1nccnc1OC)N1CCCC1. The first kappa shape index (κ1) is 14.2. The van der Waals surface area contributed by atoms with Crippen molar-refractivity contribution in [1.29, 1.82) is 0 Å². The van der Waals surface area contributed by atoms with E-state index < -0.39 is 6.10 Å². The van der Waals surface area contributed by atoms with Gasteiger partial charge in [0, 0.05) is 17.9 Å². The number of likely N-dealkylation sites (tertiary alicyclic amines) is 1. The van der Waals surface area contributed by atoms with Crippen LogP contribution in [0.4, 0.5) is 0 Å². The van der Waals surface area contributed by atoms with Crippen LogP contribution in [-0.2, 0) is 0 Å². The fourth-order valence-electron chi connectivity index (χ4n) is 2.79. The molecule has 5 nitrogen and oxygen atoms in total. The summed E-state index contributed by atoms with van der Waals surface area (Å²) in [5, 5.41) is 10.8. The molecule has 1 aliphatic rings. The molecule has 2 atom stereocenters. The van der Waals surface area contributed by atoms with Crippen LogP contribution in [-0.4, -0.2) is 45.7 Å². The highest BCUT2D eigenvalue weighted by atomic mass is 16.5. The molecule has 0 bridgehead atoms. The van der Waals surface area contributed by atoms with Gasteiger partial charge in [-0.25, -0.2) is 4.98 Å². The zero-order chi connectivity index (χ0) is 13.9. The lowest BCUT2D eigenvalue weighted by molar-refractivity contribution is -0.0179. The van der Waals surface area contributed by atoms with E-state index in [9.17, 15) is 5.11 Å². The first-order valence-corrected chi connectivity index (χ1v) is 6.91. The van der Waals surface area contributed by atoms with E-state index in [1.54, 1.807) is 19.5 Å². The molecule has 1 aliphatic heterocycles. The van der Waals surface area contributed by atoms with E-state index >= 15 is 0 Å². The van der Waals surface area contributed by atoms with Crippen molar-refractivity contribution in [1.82, 2.24) is 14.9 Å². The largest absolute Gasteiger partial charge is 0.480 e. The quantitative estimate of drug-likeness (QED) is 0.879. The van der Waals surface area contributed by atoms with E-state index in [1.165, 1.54) is 12.8 Å². The second-order valence-electron chi connectivity index (χ2n) is 5.26. The van der Waals surface area contributed by atoms with Gasteiger partial charge in [-0.15, -0.1) is 0 Å². The molecule has 0 spiro atoms. The second-order valence-corrected chi connectivity index (χ2v) is 5.26. The molecule has 19 heavy (non-hydrogen) atoms. The van der Waals surface area contributed by atoms with E-state index in [-0.39, 0.29) is 5.54 Å². The molecule has 1 aromatic rings. The minimum absolute atomic E-state index is 0.320. The lowest BCUT2D eigenvalue weighted by atomic mass is 9.87. The van der Waals surface area contributed by atoms with Crippen molar-refractivity contribution in [2.45, 2.75) is 44.8 Å². The Morgan fingerprint density at radius 3 is 2.58 bits per heavy atom. The van der Waals surface area contributed by atoms with Gasteiger partial charge in [0.05, 0.1) is 7.11 Å². The predicted octanol–water partition coefficient (Wildman–Crippen LogP) is 1.78. The number of hydrogen-bond acceptors (Lipinski definition) is 5. The van der Waals surface area contributed by atoms with Crippen molar-refractivity contribution in [3.8, 4) is 5.88 Å². The average molecular weight is 265 g/mol. The van der Waals surface area contributed by atoms with Crippen LogP contribution in [0.5, 0.6) is 5.88 Å². The Hall–Kier alpha value is -1.20. The minimum Gasteiger partial charge on any atom is -0.480 e. The molecular weight excluding hydrogens is 242 g/mol. The molecule has 0 amide bonds. The average Bonchev–Trinajstić information content (AvgIpc) is 3.00. The molecule has 1 aromatic heterocycles. The third-order valence-corrected chi connectivity index (χ3v) is 4.28. The standard InChI is InChI=1S/C14H23N3O2/c1-4-14(2,17-9-5-6-10-17)12(18)11-13(19-3)16-8-7-15-11/h7-8,12,18H,4-6,9-10H2,1-3H3. The Kier molecular flexibility index (Phi) is 4.37. The molecule has 106 valence electrons. The summed E-state index contributed by atoms with van der Waals surface area (Å²) < 4.78 is 5.22. The second kappa shape index (κ2) is 5.84. The Labute approximate surface area is 114 Å². The van der Waals surface area contributed by atoms with Gasteiger partial charge in [-0.05, 0) is 39.3 Å².